The number of nitro benzene ring substituents is 1. The Morgan fingerprint density at radius 3 is 2.48 bits per heavy atom. The molecule has 2 N–H and O–H groups in total. The van der Waals surface area contributed by atoms with Crippen LogP contribution in [0.25, 0.3) is 0 Å². The van der Waals surface area contributed by atoms with Crippen LogP contribution in [-0.4, -0.2) is 28.5 Å². The van der Waals surface area contributed by atoms with E-state index in [1.54, 1.807) is 19.1 Å². The van der Waals surface area contributed by atoms with Crippen LogP contribution in [0.15, 0.2) is 18.2 Å². The fourth-order valence-electron chi connectivity index (χ4n) is 2.31. The third kappa shape index (κ3) is 6.46. The molecule has 0 heterocycles. The summed E-state index contributed by atoms with van der Waals surface area (Å²) in [5, 5.41) is 22.3. The lowest BCUT2D eigenvalue weighted by Gasteiger charge is -2.07. The van der Waals surface area contributed by atoms with Crippen LogP contribution >= 0.6 is 0 Å². The van der Waals surface area contributed by atoms with Crippen LogP contribution in [0, 0.1) is 17.0 Å². The van der Waals surface area contributed by atoms with E-state index in [0.29, 0.717) is 18.5 Å². The van der Waals surface area contributed by atoms with Crippen molar-refractivity contribution < 1.29 is 19.6 Å². The molecule has 0 atom stereocenters. The first-order chi connectivity index (χ1) is 10.9. The van der Waals surface area contributed by atoms with E-state index in [9.17, 15) is 19.7 Å². The molecule has 1 amide bonds. The molecule has 0 saturated carbocycles. The van der Waals surface area contributed by atoms with Crippen LogP contribution in [0.5, 0.6) is 0 Å². The van der Waals surface area contributed by atoms with Crippen LogP contribution in [0.2, 0.25) is 0 Å². The van der Waals surface area contributed by atoms with E-state index in [-0.39, 0.29) is 17.7 Å². The van der Waals surface area contributed by atoms with Gasteiger partial charge >= 0.3 is 5.97 Å². The predicted molar refractivity (Wildman–Crippen MR) is 85.5 cm³/mol. The summed E-state index contributed by atoms with van der Waals surface area (Å²) in [7, 11) is 0. The Balaban J connectivity index is 2.34. The van der Waals surface area contributed by atoms with Crippen molar-refractivity contribution in [2.45, 2.75) is 45.4 Å². The van der Waals surface area contributed by atoms with Crippen molar-refractivity contribution in [1.82, 2.24) is 5.32 Å². The quantitative estimate of drug-likeness (QED) is 0.391. The van der Waals surface area contributed by atoms with E-state index < -0.39 is 16.8 Å². The first-order valence-corrected chi connectivity index (χ1v) is 7.67. The van der Waals surface area contributed by atoms with Gasteiger partial charge in [-0.05, 0) is 25.8 Å². The summed E-state index contributed by atoms with van der Waals surface area (Å²) in [5.74, 6) is -1.22. The minimum absolute atomic E-state index is 0.0801. The number of hydrogen-bond acceptors (Lipinski definition) is 4. The number of aryl methyl sites for hydroxylation is 1. The molecule has 0 aliphatic heterocycles. The van der Waals surface area contributed by atoms with Crippen LogP contribution in [-0.2, 0) is 4.79 Å². The molecule has 0 aromatic heterocycles. The van der Waals surface area contributed by atoms with E-state index in [1.807, 2.05) is 0 Å². The molecule has 0 bridgehead atoms. The lowest BCUT2D eigenvalue weighted by Crippen LogP contribution is -2.25. The molecule has 0 radical (unpaired) electrons. The number of nitrogens with one attached hydrogen (secondary N) is 1. The maximum absolute atomic E-state index is 12.1. The molecule has 1 rings (SSSR count). The van der Waals surface area contributed by atoms with Crippen LogP contribution in [0.1, 0.15) is 54.4 Å². The maximum Gasteiger partial charge on any atom is 0.303 e. The van der Waals surface area contributed by atoms with E-state index in [1.165, 1.54) is 6.07 Å². The van der Waals surface area contributed by atoms with Crippen molar-refractivity contribution in [1.29, 1.82) is 0 Å². The van der Waals surface area contributed by atoms with Gasteiger partial charge in [-0.15, -0.1) is 0 Å². The van der Waals surface area contributed by atoms with Crippen molar-refractivity contribution in [2.24, 2.45) is 0 Å². The molecule has 0 aliphatic rings. The lowest BCUT2D eigenvalue weighted by molar-refractivity contribution is -0.385. The first-order valence-electron chi connectivity index (χ1n) is 7.67. The zero-order valence-electron chi connectivity index (χ0n) is 13.2. The van der Waals surface area contributed by atoms with Gasteiger partial charge in [0.1, 0.15) is 5.56 Å². The molecule has 0 saturated heterocycles. The normalized spacial score (nSPS) is 10.3. The molecule has 7 nitrogen and oxygen atoms in total. The Labute approximate surface area is 134 Å². The van der Waals surface area contributed by atoms with Gasteiger partial charge in [-0.25, -0.2) is 0 Å². The summed E-state index contributed by atoms with van der Waals surface area (Å²) in [5.41, 5.74) is 0.385. The zero-order chi connectivity index (χ0) is 17.2. The minimum atomic E-state index is -0.781. The van der Waals surface area contributed by atoms with Crippen LogP contribution < -0.4 is 5.32 Å². The maximum atomic E-state index is 12.1. The Morgan fingerprint density at radius 2 is 1.83 bits per heavy atom. The third-order valence-electron chi connectivity index (χ3n) is 3.52. The number of amides is 1. The molecule has 0 fully saturated rings. The fourth-order valence-corrected chi connectivity index (χ4v) is 2.31. The molecule has 0 spiro atoms. The SMILES string of the molecule is Cc1cccc(C(=O)NCCCCCCCC(=O)O)c1[N+](=O)[O-]. The molecule has 1 aromatic carbocycles. The average Bonchev–Trinajstić information content (AvgIpc) is 2.48. The number of nitrogens with zero attached hydrogens (tertiary/aromatic N) is 1. The molecule has 0 aliphatic carbocycles. The Morgan fingerprint density at radius 1 is 1.17 bits per heavy atom. The van der Waals surface area contributed by atoms with Crippen molar-refractivity contribution in [2.75, 3.05) is 6.54 Å². The van der Waals surface area contributed by atoms with Crippen LogP contribution in [0.4, 0.5) is 5.69 Å². The molecule has 23 heavy (non-hydrogen) atoms. The van der Waals surface area contributed by atoms with Gasteiger partial charge in [0.25, 0.3) is 11.6 Å². The largest absolute Gasteiger partial charge is 0.481 e. The number of carboxylic acids is 1. The first kappa shape index (κ1) is 18.6. The van der Waals surface area contributed by atoms with Gasteiger partial charge in [0.05, 0.1) is 4.92 Å². The standard InChI is InChI=1S/C16H22N2O5/c1-12-8-7-9-13(15(12)18(22)23)16(21)17-11-6-4-2-3-5-10-14(19)20/h7-9H,2-6,10-11H2,1H3,(H,17,21)(H,19,20). The number of unbranched alkanes of at least 4 members (excludes halogenated alkanes) is 4. The molecule has 126 valence electrons. The molecule has 1 aromatic rings. The third-order valence-corrected chi connectivity index (χ3v) is 3.52. The van der Waals surface area contributed by atoms with Gasteiger partial charge in [-0.1, -0.05) is 31.4 Å². The van der Waals surface area contributed by atoms with E-state index in [2.05, 4.69) is 5.32 Å². The van der Waals surface area contributed by atoms with E-state index >= 15 is 0 Å². The lowest BCUT2D eigenvalue weighted by atomic mass is 10.1. The van der Waals surface area contributed by atoms with Crippen molar-refractivity contribution >= 4 is 17.6 Å². The van der Waals surface area contributed by atoms with E-state index in [4.69, 9.17) is 5.11 Å². The molecule has 7 heteroatoms. The second kappa shape index (κ2) is 9.55. The van der Waals surface area contributed by atoms with E-state index in [0.717, 1.165) is 25.7 Å². The number of para-hydroxylation sites is 1. The Kier molecular flexibility index (Phi) is 7.73. The number of benzene rings is 1. The predicted octanol–water partition coefficient (Wildman–Crippen LogP) is 3.06. The monoisotopic (exact) mass is 322 g/mol. The summed E-state index contributed by atoms with van der Waals surface area (Å²) in [4.78, 5) is 32.9. The highest BCUT2D eigenvalue weighted by atomic mass is 16.6. The summed E-state index contributed by atoms with van der Waals surface area (Å²) >= 11 is 0. The summed E-state index contributed by atoms with van der Waals surface area (Å²) in [6, 6.07) is 4.68. The highest BCUT2D eigenvalue weighted by Gasteiger charge is 2.21. The number of carbonyl (C=O) groups excluding carboxylic acids is 1. The summed E-state index contributed by atoms with van der Waals surface area (Å²) in [6.45, 7) is 2.05. The second-order valence-electron chi connectivity index (χ2n) is 5.40. The summed E-state index contributed by atoms with van der Waals surface area (Å²) in [6.07, 6.45) is 4.26. The number of nitro groups is 1. The van der Waals surface area contributed by atoms with Crippen LogP contribution in [0.3, 0.4) is 0 Å². The second-order valence-corrected chi connectivity index (χ2v) is 5.40. The Hall–Kier alpha value is -2.44. The topological polar surface area (TPSA) is 110 Å². The highest BCUT2D eigenvalue weighted by molar-refractivity contribution is 5.98. The van der Waals surface area contributed by atoms with Gasteiger partial charge in [-0.3, -0.25) is 19.7 Å². The number of hydrogen-bond donors (Lipinski definition) is 2. The van der Waals surface area contributed by atoms with Gasteiger partial charge in [0.15, 0.2) is 0 Å². The number of carboxylic acid groups (broad SMARTS) is 1. The average molecular weight is 322 g/mol. The molecule has 0 unspecified atom stereocenters. The number of aliphatic carboxylic acids is 1. The fraction of sp³-hybridized carbons (Fsp3) is 0.500. The summed E-state index contributed by atoms with van der Waals surface area (Å²) < 4.78 is 0. The van der Waals surface area contributed by atoms with Crippen molar-refractivity contribution in [3.63, 3.8) is 0 Å². The van der Waals surface area contributed by atoms with Gasteiger partial charge in [0.2, 0.25) is 0 Å². The smallest absolute Gasteiger partial charge is 0.303 e. The minimum Gasteiger partial charge on any atom is -0.481 e. The number of carbonyl (C=O) groups is 2. The van der Waals surface area contributed by atoms with Crippen molar-refractivity contribution in [3.05, 3.63) is 39.4 Å². The van der Waals surface area contributed by atoms with Gasteiger partial charge in [-0.2, -0.15) is 0 Å². The zero-order valence-corrected chi connectivity index (χ0v) is 13.2. The highest BCUT2D eigenvalue weighted by Crippen LogP contribution is 2.22. The van der Waals surface area contributed by atoms with Gasteiger partial charge < -0.3 is 10.4 Å². The Bertz CT molecular complexity index is 572. The van der Waals surface area contributed by atoms with Gasteiger partial charge in [0, 0.05) is 18.5 Å². The molecular formula is C16H22N2O5. The number of rotatable bonds is 10. The van der Waals surface area contributed by atoms with Crippen molar-refractivity contribution in [3.8, 4) is 0 Å². The molecular weight excluding hydrogens is 300 g/mol.